The molecule has 2 rings (SSSR count). The van der Waals surface area contributed by atoms with E-state index in [9.17, 15) is 4.79 Å². The van der Waals surface area contributed by atoms with Gasteiger partial charge in [0.05, 0.1) is 5.92 Å². The average molecular weight is 241 g/mol. The molecule has 6 nitrogen and oxygen atoms in total. The molecule has 4 N–H and O–H groups in total. The fourth-order valence-corrected chi connectivity index (χ4v) is 2.66. The summed E-state index contributed by atoms with van der Waals surface area (Å²) in [6.07, 6.45) is 1.79. The molecule has 1 aliphatic rings. The number of primary amides is 1. The van der Waals surface area contributed by atoms with E-state index in [1.54, 1.807) is 0 Å². The maximum Gasteiger partial charge on any atom is 0.233 e. The smallest absolute Gasteiger partial charge is 0.233 e. The number of anilines is 2. The predicted octanol–water partition coefficient (Wildman–Crippen LogP) is 0.210. The van der Waals surface area contributed by atoms with Crippen molar-refractivity contribution in [3.05, 3.63) is 0 Å². The number of nitrogens with zero attached hydrogens (tertiary/aromatic N) is 3. The van der Waals surface area contributed by atoms with Crippen molar-refractivity contribution in [1.29, 1.82) is 0 Å². The van der Waals surface area contributed by atoms with Crippen LogP contribution in [0.15, 0.2) is 0 Å². The van der Waals surface area contributed by atoms with Crippen LogP contribution in [0.1, 0.15) is 19.8 Å². The summed E-state index contributed by atoms with van der Waals surface area (Å²) in [6.45, 7) is 2.72. The molecule has 88 valence electrons. The molecule has 16 heavy (non-hydrogen) atoms. The van der Waals surface area contributed by atoms with E-state index in [4.69, 9.17) is 11.5 Å². The summed E-state index contributed by atoms with van der Waals surface area (Å²) in [5.41, 5.74) is 10.8. The summed E-state index contributed by atoms with van der Waals surface area (Å²) in [7, 11) is 0. The zero-order valence-electron chi connectivity index (χ0n) is 9.09. The van der Waals surface area contributed by atoms with E-state index in [1.807, 2.05) is 0 Å². The van der Waals surface area contributed by atoms with Crippen molar-refractivity contribution in [2.45, 2.75) is 25.8 Å². The fraction of sp³-hybridized carbons (Fsp3) is 0.667. The number of carbonyl (C=O) groups excluding carboxylic acids is 1. The first kappa shape index (κ1) is 11.1. The van der Waals surface area contributed by atoms with Crippen LogP contribution in [0, 0.1) is 5.92 Å². The molecule has 1 amide bonds. The minimum Gasteiger partial charge on any atom is -0.369 e. The first-order chi connectivity index (χ1) is 7.58. The highest BCUT2D eigenvalue weighted by molar-refractivity contribution is 7.09. The van der Waals surface area contributed by atoms with Gasteiger partial charge in [-0.05, 0) is 19.8 Å². The van der Waals surface area contributed by atoms with Gasteiger partial charge in [0.25, 0.3) is 0 Å². The van der Waals surface area contributed by atoms with Gasteiger partial charge in [-0.15, -0.1) is 0 Å². The van der Waals surface area contributed by atoms with Gasteiger partial charge < -0.3 is 16.4 Å². The van der Waals surface area contributed by atoms with Crippen molar-refractivity contribution in [3.63, 3.8) is 0 Å². The van der Waals surface area contributed by atoms with E-state index in [-0.39, 0.29) is 17.8 Å². The summed E-state index contributed by atoms with van der Waals surface area (Å²) in [6, 6.07) is 0.350. The van der Waals surface area contributed by atoms with E-state index >= 15 is 0 Å². The topological polar surface area (TPSA) is 98.1 Å². The molecule has 0 bridgehead atoms. The number of hydrogen-bond acceptors (Lipinski definition) is 6. The number of nitrogen functional groups attached to an aromatic ring is 1. The van der Waals surface area contributed by atoms with Crippen LogP contribution in [0.25, 0.3) is 0 Å². The number of hydrogen-bond donors (Lipinski definition) is 2. The van der Waals surface area contributed by atoms with Gasteiger partial charge in [0.2, 0.25) is 17.0 Å². The van der Waals surface area contributed by atoms with Gasteiger partial charge in [-0.1, -0.05) is 0 Å². The van der Waals surface area contributed by atoms with E-state index < -0.39 is 0 Å². The van der Waals surface area contributed by atoms with Gasteiger partial charge in [-0.3, -0.25) is 4.79 Å². The van der Waals surface area contributed by atoms with Crippen molar-refractivity contribution < 1.29 is 4.79 Å². The van der Waals surface area contributed by atoms with Crippen molar-refractivity contribution >= 4 is 28.5 Å². The molecule has 0 aliphatic carbocycles. The lowest BCUT2D eigenvalue weighted by Crippen LogP contribution is -2.45. The summed E-state index contributed by atoms with van der Waals surface area (Å²) in [5.74, 6) is -0.0517. The molecule has 1 fully saturated rings. The van der Waals surface area contributed by atoms with Crippen molar-refractivity contribution in [1.82, 2.24) is 9.36 Å². The Kier molecular flexibility index (Phi) is 2.95. The fourth-order valence-electron chi connectivity index (χ4n) is 1.95. The molecule has 2 atom stereocenters. The standard InChI is InChI=1S/C9H15N5OS/c1-5-2-3-6(7(10)15)4-14(5)9-12-8(11)13-16-9/h5-6H,2-4H2,1H3,(H2,10,15)(H2,11,13). The molecule has 7 heteroatoms. The third kappa shape index (κ3) is 2.08. The number of amides is 1. The molecular formula is C9H15N5OS. The molecular weight excluding hydrogens is 226 g/mol. The third-order valence-corrected chi connectivity index (χ3v) is 3.73. The van der Waals surface area contributed by atoms with Crippen molar-refractivity contribution in [2.75, 3.05) is 17.2 Å². The number of carbonyl (C=O) groups is 1. The second kappa shape index (κ2) is 4.25. The number of aromatic nitrogens is 2. The van der Waals surface area contributed by atoms with Crippen LogP contribution in [0.2, 0.25) is 0 Å². The van der Waals surface area contributed by atoms with Crippen LogP contribution < -0.4 is 16.4 Å². The zero-order valence-corrected chi connectivity index (χ0v) is 9.91. The lowest BCUT2D eigenvalue weighted by atomic mass is 9.93. The lowest BCUT2D eigenvalue weighted by molar-refractivity contribution is -0.122. The van der Waals surface area contributed by atoms with Crippen LogP contribution >= 0.6 is 11.5 Å². The van der Waals surface area contributed by atoms with Crippen molar-refractivity contribution in [3.8, 4) is 0 Å². The molecule has 0 aromatic carbocycles. The van der Waals surface area contributed by atoms with Gasteiger partial charge in [0, 0.05) is 24.1 Å². The third-order valence-electron chi connectivity index (χ3n) is 2.96. The maximum absolute atomic E-state index is 11.2. The highest BCUT2D eigenvalue weighted by atomic mass is 32.1. The normalized spacial score (nSPS) is 25.7. The van der Waals surface area contributed by atoms with Gasteiger partial charge in [0.1, 0.15) is 0 Å². The van der Waals surface area contributed by atoms with E-state index in [0.29, 0.717) is 12.6 Å². The van der Waals surface area contributed by atoms with Crippen LogP contribution in [0.4, 0.5) is 11.1 Å². The molecule has 2 heterocycles. The van der Waals surface area contributed by atoms with E-state index in [1.165, 1.54) is 11.5 Å². The quantitative estimate of drug-likeness (QED) is 0.771. The van der Waals surface area contributed by atoms with Crippen LogP contribution in [-0.2, 0) is 4.79 Å². The minimum absolute atomic E-state index is 0.0960. The summed E-state index contributed by atoms with van der Waals surface area (Å²) >= 11 is 1.26. The Morgan fingerprint density at radius 1 is 1.56 bits per heavy atom. The molecule has 0 radical (unpaired) electrons. The molecule has 1 aliphatic heterocycles. The van der Waals surface area contributed by atoms with E-state index in [0.717, 1.165) is 18.0 Å². The highest BCUT2D eigenvalue weighted by Crippen LogP contribution is 2.28. The molecule has 1 saturated heterocycles. The first-order valence-electron chi connectivity index (χ1n) is 5.23. The molecule has 1 aromatic rings. The van der Waals surface area contributed by atoms with Crippen LogP contribution in [0.3, 0.4) is 0 Å². The SMILES string of the molecule is CC1CCC(C(N)=O)CN1c1nc(N)ns1. The highest BCUT2D eigenvalue weighted by Gasteiger charge is 2.30. The number of rotatable bonds is 2. The van der Waals surface area contributed by atoms with E-state index in [2.05, 4.69) is 21.2 Å². The molecule has 2 unspecified atom stereocenters. The molecule has 0 saturated carbocycles. The zero-order chi connectivity index (χ0) is 11.7. The Hall–Kier alpha value is -1.37. The van der Waals surface area contributed by atoms with Crippen LogP contribution in [-0.4, -0.2) is 27.9 Å². The average Bonchev–Trinajstić information content (AvgIpc) is 2.65. The largest absolute Gasteiger partial charge is 0.369 e. The predicted molar refractivity (Wildman–Crippen MR) is 63.0 cm³/mol. The number of nitrogens with two attached hydrogens (primary N) is 2. The Morgan fingerprint density at radius 2 is 2.31 bits per heavy atom. The molecule has 0 spiro atoms. The summed E-state index contributed by atoms with van der Waals surface area (Å²) in [4.78, 5) is 17.4. The number of piperidine rings is 1. The monoisotopic (exact) mass is 241 g/mol. The Morgan fingerprint density at radius 3 is 2.88 bits per heavy atom. The van der Waals surface area contributed by atoms with Gasteiger partial charge in [-0.25, -0.2) is 0 Å². The minimum atomic E-state index is -0.241. The summed E-state index contributed by atoms with van der Waals surface area (Å²) < 4.78 is 3.95. The maximum atomic E-state index is 11.2. The second-order valence-electron chi connectivity index (χ2n) is 4.11. The van der Waals surface area contributed by atoms with Gasteiger partial charge >= 0.3 is 0 Å². The lowest BCUT2D eigenvalue weighted by Gasteiger charge is -2.36. The Balaban J connectivity index is 2.15. The first-order valence-corrected chi connectivity index (χ1v) is 6.00. The van der Waals surface area contributed by atoms with Gasteiger partial charge in [0.15, 0.2) is 0 Å². The summed E-state index contributed by atoms with van der Waals surface area (Å²) in [5, 5.41) is 0.774. The van der Waals surface area contributed by atoms with Gasteiger partial charge in [-0.2, -0.15) is 9.36 Å². The van der Waals surface area contributed by atoms with Crippen molar-refractivity contribution in [2.24, 2.45) is 11.7 Å². The van der Waals surface area contributed by atoms with Crippen LogP contribution in [0.5, 0.6) is 0 Å². The second-order valence-corrected chi connectivity index (χ2v) is 4.84. The molecule has 1 aromatic heterocycles. The Labute approximate surface area is 97.8 Å². The Bertz CT molecular complexity index is 393.